The average molecular weight is 417 g/mol. The van der Waals surface area contributed by atoms with Gasteiger partial charge in [0.05, 0.1) is 26.3 Å². The summed E-state index contributed by atoms with van der Waals surface area (Å²) in [6.07, 6.45) is -3.23. The first-order valence-electron chi connectivity index (χ1n) is 9.74. The Balaban J connectivity index is 1.87. The van der Waals surface area contributed by atoms with E-state index in [4.69, 9.17) is 9.47 Å². The third kappa shape index (κ3) is 7.36. The third-order valence-electron chi connectivity index (χ3n) is 4.55. The number of nitrogens with zero attached hydrogens (tertiary/aromatic N) is 3. The van der Waals surface area contributed by atoms with E-state index >= 15 is 0 Å². The topological polar surface area (TPSA) is 71.0 Å². The van der Waals surface area contributed by atoms with E-state index in [9.17, 15) is 13.2 Å². The number of hydrogen-bond acceptors (Lipinski definition) is 5. The fourth-order valence-electron chi connectivity index (χ4n) is 2.92. The lowest BCUT2D eigenvalue weighted by molar-refractivity contribution is -0.139. The van der Waals surface area contributed by atoms with Crippen LogP contribution in [-0.2, 0) is 10.9 Å². The third-order valence-corrected chi connectivity index (χ3v) is 4.55. The molecular weight excluding hydrogens is 387 g/mol. The molecule has 1 aromatic heterocycles. The molecule has 0 aromatic carbocycles. The van der Waals surface area contributed by atoms with Crippen LogP contribution in [0.2, 0.25) is 0 Å². The van der Waals surface area contributed by atoms with Gasteiger partial charge in [0.2, 0.25) is 5.88 Å². The average Bonchev–Trinajstić information content (AvgIpc) is 2.69. The molecule has 1 aliphatic heterocycles. The van der Waals surface area contributed by atoms with Crippen LogP contribution in [0.4, 0.5) is 13.2 Å². The van der Waals surface area contributed by atoms with Crippen molar-refractivity contribution in [3.8, 4) is 5.88 Å². The molecule has 1 fully saturated rings. The number of rotatable bonds is 8. The monoisotopic (exact) mass is 417 g/mol. The fourth-order valence-corrected chi connectivity index (χ4v) is 2.92. The number of aromatic nitrogens is 1. The van der Waals surface area contributed by atoms with Gasteiger partial charge in [-0.3, -0.25) is 9.89 Å². The molecule has 2 N–H and O–H groups in total. The lowest BCUT2D eigenvalue weighted by Crippen LogP contribution is -2.52. The fraction of sp³-hybridized carbons (Fsp3) is 0.684. The zero-order valence-electron chi connectivity index (χ0n) is 17.2. The summed E-state index contributed by atoms with van der Waals surface area (Å²) in [5.74, 6) is 0.173. The van der Waals surface area contributed by atoms with Crippen molar-refractivity contribution in [1.82, 2.24) is 20.5 Å². The minimum Gasteiger partial charge on any atom is -0.475 e. The summed E-state index contributed by atoms with van der Waals surface area (Å²) >= 11 is 0. The molecule has 0 amide bonds. The van der Waals surface area contributed by atoms with Crippen molar-refractivity contribution < 1.29 is 22.6 Å². The first-order chi connectivity index (χ1) is 13.7. The Morgan fingerprint density at radius 2 is 2.00 bits per heavy atom. The Bertz CT molecular complexity index is 661. The van der Waals surface area contributed by atoms with Crippen LogP contribution in [0.3, 0.4) is 0 Å². The number of pyridine rings is 1. The van der Waals surface area contributed by atoms with Gasteiger partial charge in [-0.05, 0) is 32.9 Å². The van der Waals surface area contributed by atoms with Gasteiger partial charge in [0, 0.05) is 31.4 Å². The molecule has 1 aliphatic rings. The van der Waals surface area contributed by atoms with Crippen LogP contribution in [0.25, 0.3) is 0 Å². The summed E-state index contributed by atoms with van der Waals surface area (Å²) in [6.45, 7) is 10.9. The number of ether oxygens (including phenoxy) is 2. The van der Waals surface area contributed by atoms with E-state index in [1.54, 1.807) is 0 Å². The molecule has 2 heterocycles. The van der Waals surface area contributed by atoms with E-state index in [0.29, 0.717) is 19.0 Å². The Labute approximate surface area is 169 Å². The van der Waals surface area contributed by atoms with Crippen LogP contribution in [0, 0.1) is 0 Å². The van der Waals surface area contributed by atoms with Gasteiger partial charge in [0.15, 0.2) is 5.96 Å². The minimum absolute atomic E-state index is 0.0252. The Morgan fingerprint density at radius 3 is 2.66 bits per heavy atom. The van der Waals surface area contributed by atoms with Gasteiger partial charge in [-0.2, -0.15) is 13.2 Å². The van der Waals surface area contributed by atoms with E-state index in [0.717, 1.165) is 32.4 Å². The summed E-state index contributed by atoms with van der Waals surface area (Å²) in [5, 5.41) is 6.22. The number of nitrogens with one attached hydrogen (secondary N) is 2. The van der Waals surface area contributed by atoms with E-state index in [1.807, 2.05) is 6.92 Å². The lowest BCUT2D eigenvalue weighted by atomic mass is 10.0. The molecule has 0 unspecified atom stereocenters. The maximum atomic E-state index is 13.0. The maximum absolute atomic E-state index is 13.0. The number of alkyl halides is 3. The normalized spacial score (nSPS) is 16.6. The molecule has 29 heavy (non-hydrogen) atoms. The van der Waals surface area contributed by atoms with Crippen LogP contribution in [0.5, 0.6) is 5.88 Å². The minimum atomic E-state index is -4.50. The molecule has 164 valence electrons. The van der Waals surface area contributed by atoms with Crippen molar-refractivity contribution in [2.75, 3.05) is 52.5 Å². The quantitative estimate of drug-likeness (QED) is 0.384. The van der Waals surface area contributed by atoms with Crippen LogP contribution in [-0.4, -0.2) is 73.9 Å². The predicted molar refractivity (Wildman–Crippen MR) is 105 cm³/mol. The van der Waals surface area contributed by atoms with Crippen molar-refractivity contribution in [2.45, 2.75) is 32.5 Å². The molecule has 10 heteroatoms. The van der Waals surface area contributed by atoms with E-state index in [-0.39, 0.29) is 18.7 Å². The van der Waals surface area contributed by atoms with E-state index in [1.165, 1.54) is 12.3 Å². The number of halogens is 3. The molecule has 1 saturated heterocycles. The molecule has 0 bridgehead atoms. The molecule has 0 saturated carbocycles. The van der Waals surface area contributed by atoms with Crippen molar-refractivity contribution in [2.24, 2.45) is 4.99 Å². The van der Waals surface area contributed by atoms with Gasteiger partial charge in [-0.15, -0.1) is 0 Å². The standard InChI is InChI=1S/C19H30F3N5O2/c1-4-23-17(26-14-18(2,3)27-9-12-28-13-10-27)25-8-11-29-16-15(19(20,21)22)6-5-7-24-16/h5-7H,4,8-14H2,1-3H3,(H2,23,25,26). The SMILES string of the molecule is CCNC(=NCC(C)(C)N1CCOCC1)NCCOc1ncccc1C(F)(F)F. The van der Waals surface area contributed by atoms with Gasteiger partial charge in [-0.25, -0.2) is 4.98 Å². The number of aliphatic imine (C=N–C) groups is 1. The smallest absolute Gasteiger partial charge is 0.421 e. The maximum Gasteiger partial charge on any atom is 0.421 e. The van der Waals surface area contributed by atoms with Gasteiger partial charge >= 0.3 is 6.18 Å². The summed E-state index contributed by atoms with van der Waals surface area (Å²) < 4.78 is 49.6. The molecule has 0 aliphatic carbocycles. The first kappa shape index (κ1) is 23.2. The van der Waals surface area contributed by atoms with Crippen molar-refractivity contribution >= 4 is 5.96 Å². The zero-order chi connectivity index (χ0) is 21.3. The second-order valence-corrected chi connectivity index (χ2v) is 7.24. The van der Waals surface area contributed by atoms with Crippen LogP contribution >= 0.6 is 0 Å². The molecule has 0 spiro atoms. The van der Waals surface area contributed by atoms with Gasteiger partial charge in [0.1, 0.15) is 12.2 Å². The first-order valence-corrected chi connectivity index (χ1v) is 9.74. The molecule has 7 nitrogen and oxygen atoms in total. The Morgan fingerprint density at radius 1 is 1.28 bits per heavy atom. The second-order valence-electron chi connectivity index (χ2n) is 7.24. The van der Waals surface area contributed by atoms with Crippen LogP contribution < -0.4 is 15.4 Å². The summed E-state index contributed by atoms with van der Waals surface area (Å²) in [7, 11) is 0. The molecule has 0 atom stereocenters. The van der Waals surface area contributed by atoms with E-state index in [2.05, 4.69) is 39.4 Å². The van der Waals surface area contributed by atoms with Crippen LogP contribution in [0.15, 0.2) is 23.3 Å². The highest BCUT2D eigenvalue weighted by Crippen LogP contribution is 2.34. The highest BCUT2D eigenvalue weighted by Gasteiger charge is 2.35. The molecule has 2 rings (SSSR count). The molecular formula is C19H30F3N5O2. The summed E-state index contributed by atoms with van der Waals surface area (Å²) in [5.41, 5.74) is -1.01. The molecule has 1 aromatic rings. The zero-order valence-corrected chi connectivity index (χ0v) is 17.2. The summed E-state index contributed by atoms with van der Waals surface area (Å²) in [4.78, 5) is 10.6. The van der Waals surface area contributed by atoms with Gasteiger partial charge in [0.25, 0.3) is 0 Å². The Hall–Kier alpha value is -2.07. The Kier molecular flexibility index (Phi) is 8.51. The largest absolute Gasteiger partial charge is 0.475 e. The van der Waals surface area contributed by atoms with Crippen molar-refractivity contribution in [3.63, 3.8) is 0 Å². The van der Waals surface area contributed by atoms with Crippen molar-refractivity contribution in [3.05, 3.63) is 23.9 Å². The van der Waals surface area contributed by atoms with Crippen molar-refractivity contribution in [1.29, 1.82) is 0 Å². The van der Waals surface area contributed by atoms with E-state index < -0.39 is 17.6 Å². The van der Waals surface area contributed by atoms with Gasteiger partial charge < -0.3 is 20.1 Å². The number of morpholine rings is 1. The highest BCUT2D eigenvalue weighted by molar-refractivity contribution is 5.79. The van der Waals surface area contributed by atoms with Crippen LogP contribution in [0.1, 0.15) is 26.3 Å². The number of guanidine groups is 1. The molecule has 0 radical (unpaired) electrons. The van der Waals surface area contributed by atoms with Gasteiger partial charge in [-0.1, -0.05) is 0 Å². The number of hydrogen-bond donors (Lipinski definition) is 2. The predicted octanol–water partition coefficient (Wildman–Crippen LogP) is 2.15. The highest BCUT2D eigenvalue weighted by atomic mass is 19.4. The summed E-state index contributed by atoms with van der Waals surface area (Å²) in [6, 6.07) is 2.19. The lowest BCUT2D eigenvalue weighted by Gasteiger charge is -2.39. The second kappa shape index (κ2) is 10.6.